The fourth-order valence-corrected chi connectivity index (χ4v) is 4.49. The number of carbonyl (C=O) groups excluding carboxylic acids is 2. The molecule has 0 aliphatic carbocycles. The number of quaternary nitrogens is 2. The lowest BCUT2D eigenvalue weighted by molar-refractivity contribution is -0.904. The van der Waals surface area contributed by atoms with Crippen molar-refractivity contribution in [1.82, 2.24) is 5.32 Å². The molecule has 0 saturated carbocycles. The zero-order valence-corrected chi connectivity index (χ0v) is 28.4. The van der Waals surface area contributed by atoms with Crippen LogP contribution >= 0.6 is 0 Å². The summed E-state index contributed by atoms with van der Waals surface area (Å²) in [5.41, 5.74) is 2.64. The molecule has 1 aromatic rings. The maximum atomic E-state index is 12.0. The number of benzene rings is 1. The van der Waals surface area contributed by atoms with Crippen molar-refractivity contribution < 1.29 is 62.3 Å². The van der Waals surface area contributed by atoms with Crippen LogP contribution in [0.2, 0.25) is 0 Å². The molecule has 0 fully saturated rings. The third-order valence-electron chi connectivity index (χ3n) is 6.62. The Morgan fingerprint density at radius 2 is 1.12 bits per heavy atom. The van der Waals surface area contributed by atoms with Crippen LogP contribution in [0.5, 0.6) is 0 Å². The van der Waals surface area contributed by atoms with Gasteiger partial charge in [-0.15, -0.1) is 0 Å². The van der Waals surface area contributed by atoms with Gasteiger partial charge in [-0.25, -0.2) is 0 Å². The predicted molar refractivity (Wildman–Crippen MR) is 159 cm³/mol. The lowest BCUT2D eigenvalue weighted by Crippen LogP contribution is -3.00. The van der Waals surface area contributed by atoms with Gasteiger partial charge in [0, 0.05) is 43.7 Å². The first-order valence-corrected chi connectivity index (χ1v) is 14.9. The van der Waals surface area contributed by atoms with E-state index in [-0.39, 0.29) is 49.7 Å². The zero-order valence-electron chi connectivity index (χ0n) is 26.9. The van der Waals surface area contributed by atoms with Crippen molar-refractivity contribution in [2.45, 2.75) is 52.6 Å². The SMILES string of the molecule is CCOCCOCC(=O)CCCC[N+](C)(C)Cc1ccc(C[N+](C)(C)CCCNC(=O)COCCOCC)cc1.[Cl-].[Cl-]. The summed E-state index contributed by atoms with van der Waals surface area (Å²) in [6.45, 7) is 12.0. The minimum atomic E-state index is -0.0779. The lowest BCUT2D eigenvalue weighted by Gasteiger charge is -2.31. The van der Waals surface area contributed by atoms with Crippen LogP contribution in [0.25, 0.3) is 0 Å². The van der Waals surface area contributed by atoms with Crippen LogP contribution in [-0.4, -0.2) is 121 Å². The van der Waals surface area contributed by atoms with E-state index in [4.69, 9.17) is 18.9 Å². The molecule has 0 atom stereocenters. The van der Waals surface area contributed by atoms with E-state index >= 15 is 0 Å². The van der Waals surface area contributed by atoms with Crippen molar-refractivity contribution in [2.24, 2.45) is 0 Å². The average Bonchev–Trinajstić information content (AvgIpc) is 2.90. The number of amides is 1. The van der Waals surface area contributed by atoms with E-state index in [1.807, 2.05) is 13.8 Å². The summed E-state index contributed by atoms with van der Waals surface area (Å²) < 4.78 is 22.8. The van der Waals surface area contributed by atoms with Gasteiger partial charge >= 0.3 is 0 Å². The van der Waals surface area contributed by atoms with E-state index in [1.165, 1.54) is 11.1 Å². The van der Waals surface area contributed by atoms with Crippen LogP contribution in [0.15, 0.2) is 24.3 Å². The standard InChI is InChI=1S/C31H56N3O6.2ClH/c1-7-37-20-22-39-26-30(35)12-9-10-18-33(3,4)24-28-13-15-29(16-14-28)25-34(5,6)19-11-17-32-31(36)27-40-23-21-38-8-2;;/h13-16H,7-12,17-27H2,1-6H3;2*1H/q+1;;/p-1. The van der Waals surface area contributed by atoms with Crippen molar-refractivity contribution in [3.05, 3.63) is 35.4 Å². The maximum absolute atomic E-state index is 12.0. The topological polar surface area (TPSA) is 83.1 Å². The zero-order chi connectivity index (χ0) is 29.7. The monoisotopic (exact) mass is 637 g/mol. The number of halogens is 2. The molecule has 0 saturated heterocycles. The highest BCUT2D eigenvalue weighted by Crippen LogP contribution is 2.15. The number of ether oxygens (including phenoxy) is 4. The lowest BCUT2D eigenvalue weighted by atomic mass is 10.1. The molecule has 246 valence electrons. The van der Waals surface area contributed by atoms with Gasteiger partial charge in [-0.3, -0.25) is 9.59 Å². The molecule has 0 unspecified atom stereocenters. The Bertz CT molecular complexity index is 758. The van der Waals surface area contributed by atoms with Gasteiger partial charge in [0.1, 0.15) is 26.3 Å². The number of carbonyl (C=O) groups is 2. The molecule has 0 aromatic heterocycles. The van der Waals surface area contributed by atoms with Crippen LogP contribution in [0.4, 0.5) is 0 Å². The van der Waals surface area contributed by atoms with Gasteiger partial charge in [-0.2, -0.15) is 0 Å². The molecule has 42 heavy (non-hydrogen) atoms. The summed E-state index contributed by atoms with van der Waals surface area (Å²) in [7, 11) is 8.95. The van der Waals surface area contributed by atoms with Crippen molar-refractivity contribution in [2.75, 3.05) is 101 Å². The van der Waals surface area contributed by atoms with Crippen LogP contribution in [-0.2, 0) is 41.6 Å². The Morgan fingerprint density at radius 1 is 0.667 bits per heavy atom. The molecule has 0 radical (unpaired) electrons. The second-order valence-electron chi connectivity index (χ2n) is 11.6. The van der Waals surface area contributed by atoms with Gasteiger partial charge in [0.05, 0.1) is 67.7 Å². The van der Waals surface area contributed by atoms with E-state index in [1.54, 1.807) is 0 Å². The summed E-state index contributed by atoms with van der Waals surface area (Å²) in [6, 6.07) is 8.95. The molecule has 0 bridgehead atoms. The highest BCUT2D eigenvalue weighted by Gasteiger charge is 2.18. The summed E-state index contributed by atoms with van der Waals surface area (Å²) >= 11 is 0. The summed E-state index contributed by atoms with van der Waals surface area (Å²) in [6.07, 6.45) is 3.40. The van der Waals surface area contributed by atoms with E-state index < -0.39 is 0 Å². The second-order valence-corrected chi connectivity index (χ2v) is 11.6. The quantitative estimate of drug-likeness (QED) is 0.0922. The van der Waals surface area contributed by atoms with Crippen LogP contribution in [0.3, 0.4) is 0 Å². The highest BCUT2D eigenvalue weighted by molar-refractivity contribution is 5.79. The number of rotatable bonds is 25. The fourth-order valence-electron chi connectivity index (χ4n) is 4.49. The van der Waals surface area contributed by atoms with Crippen LogP contribution in [0, 0.1) is 0 Å². The van der Waals surface area contributed by atoms with Crippen molar-refractivity contribution in [3.8, 4) is 0 Å². The average molecular weight is 639 g/mol. The number of nitrogens with one attached hydrogen (secondary N) is 1. The number of ketones is 1. The van der Waals surface area contributed by atoms with E-state index in [2.05, 4.69) is 57.8 Å². The Balaban J connectivity index is 0. The third kappa shape index (κ3) is 23.2. The molecule has 0 heterocycles. The Labute approximate surface area is 267 Å². The number of unbranched alkanes of at least 4 members (excludes halogenated alkanes) is 1. The molecule has 1 aromatic carbocycles. The predicted octanol–water partition coefficient (Wildman–Crippen LogP) is -2.80. The molecular formula is C31H57Cl2N3O6. The van der Waals surface area contributed by atoms with Gasteiger partial charge in [0.2, 0.25) is 5.91 Å². The second kappa shape index (κ2) is 25.1. The van der Waals surface area contributed by atoms with Gasteiger partial charge in [-0.05, 0) is 26.7 Å². The molecule has 1 rings (SSSR count). The van der Waals surface area contributed by atoms with Gasteiger partial charge in [0.25, 0.3) is 0 Å². The maximum Gasteiger partial charge on any atom is 0.246 e. The van der Waals surface area contributed by atoms with Gasteiger partial charge in [-0.1, -0.05) is 24.3 Å². The summed E-state index contributed by atoms with van der Waals surface area (Å²) in [4.78, 5) is 23.9. The largest absolute Gasteiger partial charge is 1.00 e. The molecule has 9 nitrogen and oxygen atoms in total. The molecule has 1 N–H and O–H groups in total. The highest BCUT2D eigenvalue weighted by atomic mass is 35.5. The van der Waals surface area contributed by atoms with Crippen LogP contribution < -0.4 is 30.1 Å². The van der Waals surface area contributed by atoms with Gasteiger partial charge < -0.3 is 58.0 Å². The molecular weight excluding hydrogens is 581 g/mol. The van der Waals surface area contributed by atoms with E-state index in [0.717, 1.165) is 54.4 Å². The first-order chi connectivity index (χ1) is 19.1. The minimum Gasteiger partial charge on any atom is -1.00 e. The third-order valence-corrected chi connectivity index (χ3v) is 6.62. The number of nitrogens with zero attached hydrogens (tertiary/aromatic N) is 2. The normalized spacial score (nSPS) is 11.5. The Kier molecular flexibility index (Phi) is 25.6. The first kappa shape index (κ1) is 42.8. The number of hydrogen-bond donors (Lipinski definition) is 1. The van der Waals surface area contributed by atoms with Crippen molar-refractivity contribution in [3.63, 3.8) is 0 Å². The summed E-state index contributed by atoms with van der Waals surface area (Å²) in [5.74, 6) is 0.0908. The Hall–Kier alpha value is -1.30. The summed E-state index contributed by atoms with van der Waals surface area (Å²) in [5, 5.41) is 2.93. The number of hydrogen-bond acceptors (Lipinski definition) is 6. The van der Waals surface area contributed by atoms with Crippen LogP contribution in [0.1, 0.15) is 50.7 Å². The molecule has 0 aliphatic heterocycles. The molecule has 0 spiro atoms. The molecule has 0 aliphatic rings. The Morgan fingerprint density at radius 3 is 1.62 bits per heavy atom. The first-order valence-electron chi connectivity index (χ1n) is 14.9. The smallest absolute Gasteiger partial charge is 0.246 e. The molecule has 1 amide bonds. The van der Waals surface area contributed by atoms with E-state index in [0.29, 0.717) is 52.6 Å². The fraction of sp³-hybridized carbons (Fsp3) is 0.742. The minimum absolute atomic E-state index is 0. The molecule has 11 heteroatoms. The van der Waals surface area contributed by atoms with Crippen molar-refractivity contribution in [1.29, 1.82) is 0 Å². The van der Waals surface area contributed by atoms with Gasteiger partial charge in [0.15, 0.2) is 5.78 Å². The van der Waals surface area contributed by atoms with Crippen molar-refractivity contribution >= 4 is 11.7 Å². The number of Topliss-reactive ketones (excluding diaryl/α,β-unsaturated/α-hetero) is 1. The van der Waals surface area contributed by atoms with E-state index in [9.17, 15) is 9.59 Å².